The highest BCUT2D eigenvalue weighted by atomic mass is 19.4. The summed E-state index contributed by atoms with van der Waals surface area (Å²) in [5, 5.41) is 13.6. The van der Waals surface area contributed by atoms with Crippen molar-refractivity contribution in [3.05, 3.63) is 65.6 Å². The molecule has 33 heavy (non-hydrogen) atoms. The van der Waals surface area contributed by atoms with Gasteiger partial charge >= 0.3 is 12.1 Å². The summed E-state index contributed by atoms with van der Waals surface area (Å²) in [7, 11) is 0. The van der Waals surface area contributed by atoms with E-state index in [-0.39, 0.29) is 24.5 Å². The number of anilines is 2. The summed E-state index contributed by atoms with van der Waals surface area (Å²) in [5.74, 6) is 0.347. The number of rotatable bonds is 5. The van der Waals surface area contributed by atoms with Crippen LogP contribution in [-0.2, 0) is 12.6 Å². The van der Waals surface area contributed by atoms with Gasteiger partial charge in [0.15, 0.2) is 5.82 Å². The number of halogens is 3. The molecule has 0 bridgehead atoms. The molecule has 0 saturated heterocycles. The van der Waals surface area contributed by atoms with Crippen LogP contribution in [0.2, 0.25) is 0 Å². The van der Waals surface area contributed by atoms with Gasteiger partial charge in [-0.2, -0.15) is 13.2 Å². The fraction of sp³-hybridized carbons (Fsp3) is 0.250. The molecule has 9 heteroatoms. The highest BCUT2D eigenvalue weighted by Gasteiger charge is 2.30. The van der Waals surface area contributed by atoms with E-state index >= 15 is 0 Å². The van der Waals surface area contributed by atoms with E-state index in [4.69, 9.17) is 0 Å². The smallest absolute Gasteiger partial charge is 0.416 e. The third-order valence-corrected chi connectivity index (χ3v) is 5.45. The molecule has 1 aliphatic rings. The third kappa shape index (κ3) is 4.57. The minimum atomic E-state index is -4.48. The number of benzene rings is 2. The summed E-state index contributed by atoms with van der Waals surface area (Å²) >= 11 is 0. The monoisotopic (exact) mass is 454 g/mol. The van der Waals surface area contributed by atoms with Gasteiger partial charge < -0.3 is 10.4 Å². The molecular formula is C24H21F3N4O2. The zero-order chi connectivity index (χ0) is 22.5. The number of carboxylic acids is 1. The Kier molecular flexibility index (Phi) is 5.65. The van der Waals surface area contributed by atoms with E-state index in [0.717, 1.165) is 31.4 Å². The minimum Gasteiger partial charge on any atom is -0.478 e. The predicted molar refractivity (Wildman–Crippen MR) is 120 cm³/mol. The largest absolute Gasteiger partial charge is 0.478 e. The average molecular weight is 454 g/mol. The zero-order valence-corrected chi connectivity index (χ0v) is 16.6. The summed E-state index contributed by atoms with van der Waals surface area (Å²) in [6.07, 6.45) is 0.179. The highest BCUT2D eigenvalue weighted by molar-refractivity contribution is 6.09. The first kappa shape index (κ1) is 22.4. The molecule has 2 aromatic heterocycles. The van der Waals surface area contributed by atoms with Gasteiger partial charge in [0.1, 0.15) is 11.3 Å². The van der Waals surface area contributed by atoms with Crippen LogP contribution in [0, 0.1) is 5.92 Å². The Morgan fingerprint density at radius 2 is 1.88 bits per heavy atom. The molecule has 2 heterocycles. The molecule has 4 aromatic rings. The van der Waals surface area contributed by atoms with Crippen molar-refractivity contribution in [1.29, 1.82) is 0 Å². The number of hydrogen-bond donors (Lipinski definition) is 2. The van der Waals surface area contributed by atoms with Crippen LogP contribution in [0.3, 0.4) is 0 Å². The van der Waals surface area contributed by atoms with Crippen molar-refractivity contribution < 1.29 is 23.1 Å². The minimum absolute atomic E-state index is 0. The van der Waals surface area contributed by atoms with E-state index in [1.807, 2.05) is 0 Å². The molecule has 1 fully saturated rings. The Morgan fingerprint density at radius 3 is 2.58 bits per heavy atom. The van der Waals surface area contributed by atoms with Gasteiger partial charge in [-0.25, -0.2) is 19.7 Å². The van der Waals surface area contributed by atoms with Crippen molar-refractivity contribution in [2.24, 2.45) is 5.92 Å². The number of aromatic carboxylic acids is 1. The number of pyridine rings is 1. The van der Waals surface area contributed by atoms with Crippen molar-refractivity contribution in [2.45, 2.75) is 32.9 Å². The van der Waals surface area contributed by atoms with Crippen LogP contribution in [-0.4, -0.2) is 26.0 Å². The van der Waals surface area contributed by atoms with Gasteiger partial charge in [0.25, 0.3) is 0 Å². The lowest BCUT2D eigenvalue weighted by molar-refractivity contribution is -0.137. The first-order valence-corrected chi connectivity index (χ1v) is 10.0. The summed E-state index contributed by atoms with van der Waals surface area (Å²) in [4.78, 5) is 25.0. The van der Waals surface area contributed by atoms with Crippen molar-refractivity contribution in [3.8, 4) is 0 Å². The van der Waals surface area contributed by atoms with Crippen LogP contribution in [0.4, 0.5) is 24.7 Å². The molecule has 2 N–H and O–H groups in total. The van der Waals surface area contributed by atoms with Crippen molar-refractivity contribution in [3.63, 3.8) is 0 Å². The SMILES string of the molecule is C.O=C(O)c1ccc2c(c1)nc(Nc1cccc(C(F)(F)F)c1)c1nc(CC3CC3)ncc12. The molecule has 0 spiro atoms. The highest BCUT2D eigenvalue weighted by Crippen LogP contribution is 2.35. The van der Waals surface area contributed by atoms with E-state index in [9.17, 15) is 23.1 Å². The lowest BCUT2D eigenvalue weighted by atomic mass is 10.1. The molecule has 2 aromatic carbocycles. The number of hydrogen-bond acceptors (Lipinski definition) is 5. The van der Waals surface area contributed by atoms with E-state index < -0.39 is 17.7 Å². The molecule has 0 radical (unpaired) electrons. The van der Waals surface area contributed by atoms with Crippen LogP contribution < -0.4 is 5.32 Å². The summed E-state index contributed by atoms with van der Waals surface area (Å²) < 4.78 is 39.4. The molecule has 6 nitrogen and oxygen atoms in total. The maximum absolute atomic E-state index is 13.1. The molecule has 5 rings (SSSR count). The van der Waals surface area contributed by atoms with E-state index in [1.54, 1.807) is 12.3 Å². The molecule has 0 aliphatic heterocycles. The fourth-order valence-electron chi connectivity index (χ4n) is 3.63. The number of carboxylic acid groups (broad SMARTS) is 1. The fourth-order valence-corrected chi connectivity index (χ4v) is 3.63. The van der Waals surface area contributed by atoms with Crippen LogP contribution in [0.5, 0.6) is 0 Å². The molecule has 1 saturated carbocycles. The molecular weight excluding hydrogens is 433 g/mol. The Bertz CT molecular complexity index is 1370. The third-order valence-electron chi connectivity index (χ3n) is 5.45. The van der Waals surface area contributed by atoms with Gasteiger partial charge in [0.2, 0.25) is 0 Å². The standard InChI is InChI=1S/C23H17F3N4O2.CH4/c24-23(25,26)14-2-1-3-15(10-14)28-21-20-17(11-27-19(30-20)8-12-4-5-12)16-7-6-13(22(31)32)9-18(16)29-21;/h1-3,6-7,9-12H,4-5,8H2,(H,28,29)(H,31,32);1H4. The lowest BCUT2D eigenvalue weighted by Crippen LogP contribution is -2.06. The Labute approximate surface area is 187 Å². The van der Waals surface area contributed by atoms with Crippen LogP contribution in [0.15, 0.2) is 48.7 Å². The number of fused-ring (bicyclic) bond motifs is 3. The first-order chi connectivity index (χ1) is 15.3. The number of alkyl halides is 3. The van der Waals surface area contributed by atoms with Crippen LogP contribution in [0.1, 0.15) is 42.0 Å². The van der Waals surface area contributed by atoms with E-state index in [0.29, 0.717) is 33.5 Å². The molecule has 1 aliphatic carbocycles. The summed E-state index contributed by atoms with van der Waals surface area (Å²) in [6, 6.07) is 9.35. The first-order valence-electron chi connectivity index (χ1n) is 10.0. The van der Waals surface area contributed by atoms with Crippen molar-refractivity contribution in [2.75, 3.05) is 5.32 Å². The average Bonchev–Trinajstić information content (AvgIpc) is 3.57. The number of nitrogens with one attached hydrogen (secondary N) is 1. The summed E-state index contributed by atoms with van der Waals surface area (Å²) in [5.41, 5.74) is 0.323. The van der Waals surface area contributed by atoms with Gasteiger partial charge in [-0.05, 0) is 49.1 Å². The normalized spacial score (nSPS) is 13.7. The molecule has 0 unspecified atom stereocenters. The molecule has 0 amide bonds. The lowest BCUT2D eigenvalue weighted by Gasteiger charge is -2.14. The number of nitrogens with zero attached hydrogens (tertiary/aromatic N) is 3. The molecule has 0 atom stereocenters. The van der Waals surface area contributed by atoms with Gasteiger partial charge in [-0.1, -0.05) is 19.6 Å². The maximum Gasteiger partial charge on any atom is 0.416 e. The van der Waals surface area contributed by atoms with Gasteiger partial charge in [-0.3, -0.25) is 0 Å². The Morgan fingerprint density at radius 1 is 1.09 bits per heavy atom. The predicted octanol–water partition coefficient (Wildman–Crippen LogP) is 6.23. The van der Waals surface area contributed by atoms with E-state index in [1.165, 1.54) is 24.3 Å². The Balaban J connectivity index is 0.00000259. The van der Waals surface area contributed by atoms with Crippen molar-refractivity contribution in [1.82, 2.24) is 15.0 Å². The zero-order valence-electron chi connectivity index (χ0n) is 16.6. The molecule has 170 valence electrons. The maximum atomic E-state index is 13.1. The van der Waals surface area contributed by atoms with Crippen LogP contribution >= 0.6 is 0 Å². The second-order valence-electron chi connectivity index (χ2n) is 7.90. The van der Waals surface area contributed by atoms with Gasteiger partial charge in [-0.15, -0.1) is 0 Å². The quantitative estimate of drug-likeness (QED) is 0.348. The van der Waals surface area contributed by atoms with Gasteiger partial charge in [0.05, 0.1) is 16.6 Å². The Hall–Kier alpha value is -3.75. The van der Waals surface area contributed by atoms with Crippen LogP contribution in [0.25, 0.3) is 21.8 Å². The number of carbonyl (C=O) groups is 1. The summed E-state index contributed by atoms with van der Waals surface area (Å²) in [6.45, 7) is 0. The van der Waals surface area contributed by atoms with E-state index in [2.05, 4.69) is 20.3 Å². The number of aromatic nitrogens is 3. The second-order valence-corrected chi connectivity index (χ2v) is 7.90. The van der Waals surface area contributed by atoms with Crippen molar-refractivity contribution >= 4 is 39.3 Å². The van der Waals surface area contributed by atoms with Gasteiger partial charge in [0, 0.05) is 29.1 Å². The second kappa shape index (κ2) is 8.31. The topological polar surface area (TPSA) is 88.0 Å².